The fourth-order valence-electron chi connectivity index (χ4n) is 2.58. The predicted molar refractivity (Wildman–Crippen MR) is 87.9 cm³/mol. The summed E-state index contributed by atoms with van der Waals surface area (Å²) in [6.07, 6.45) is 3.68. The Morgan fingerprint density at radius 3 is 2.62 bits per heavy atom. The number of ether oxygens (including phenoxy) is 1. The lowest BCUT2D eigenvalue weighted by molar-refractivity contribution is 0.214. The summed E-state index contributed by atoms with van der Waals surface area (Å²) in [7, 11) is 3.84. The van der Waals surface area contributed by atoms with Crippen molar-refractivity contribution in [2.24, 2.45) is 16.6 Å². The monoisotopic (exact) mass is 290 g/mol. The molecule has 0 bridgehead atoms. The van der Waals surface area contributed by atoms with Crippen molar-refractivity contribution < 1.29 is 4.74 Å². The van der Waals surface area contributed by atoms with E-state index in [1.807, 2.05) is 24.3 Å². The molecule has 0 atom stereocenters. The predicted octanol–water partition coefficient (Wildman–Crippen LogP) is 2.15. The van der Waals surface area contributed by atoms with Crippen molar-refractivity contribution in [1.29, 1.82) is 0 Å². The molecular weight excluding hydrogens is 264 g/mol. The molecule has 1 heterocycles. The van der Waals surface area contributed by atoms with E-state index < -0.39 is 0 Å². The molecule has 5 heteroatoms. The Kier molecular flexibility index (Phi) is 5.87. The average Bonchev–Trinajstić information content (AvgIpc) is 2.50. The van der Waals surface area contributed by atoms with Crippen LogP contribution in [0.15, 0.2) is 29.3 Å². The molecule has 1 saturated heterocycles. The lowest BCUT2D eigenvalue weighted by atomic mass is 9.94. The van der Waals surface area contributed by atoms with E-state index in [1.165, 1.54) is 25.9 Å². The Bertz CT molecular complexity index is 450. The van der Waals surface area contributed by atoms with Crippen LogP contribution in [0.2, 0.25) is 0 Å². The molecule has 1 aromatic carbocycles. The van der Waals surface area contributed by atoms with Crippen LogP contribution in [-0.2, 0) is 0 Å². The molecular formula is C16H26N4O. The van der Waals surface area contributed by atoms with Crippen molar-refractivity contribution in [2.75, 3.05) is 39.1 Å². The zero-order valence-corrected chi connectivity index (χ0v) is 13.0. The van der Waals surface area contributed by atoms with Crippen LogP contribution < -0.4 is 15.8 Å². The minimum Gasteiger partial charge on any atom is -0.497 e. The summed E-state index contributed by atoms with van der Waals surface area (Å²) >= 11 is 0. The standard InChI is InChI=1S/C16H26N4O/c1-20-11-8-13(9-12-20)7-10-18-16(17)19-14-3-5-15(21-2)6-4-14/h3-6,13H,7-12H2,1-2H3,(H3,17,18,19). The van der Waals surface area contributed by atoms with E-state index in [9.17, 15) is 0 Å². The summed E-state index contributed by atoms with van der Waals surface area (Å²) in [5.41, 5.74) is 6.84. The van der Waals surface area contributed by atoms with E-state index in [4.69, 9.17) is 10.5 Å². The molecule has 21 heavy (non-hydrogen) atoms. The average molecular weight is 290 g/mol. The van der Waals surface area contributed by atoms with Crippen LogP contribution in [0.25, 0.3) is 0 Å². The largest absolute Gasteiger partial charge is 0.497 e. The van der Waals surface area contributed by atoms with E-state index in [1.54, 1.807) is 7.11 Å². The zero-order valence-electron chi connectivity index (χ0n) is 13.0. The first-order chi connectivity index (χ1) is 10.2. The first kappa shape index (κ1) is 15.6. The Morgan fingerprint density at radius 1 is 1.33 bits per heavy atom. The number of methoxy groups -OCH3 is 1. The molecule has 1 aliphatic rings. The summed E-state index contributed by atoms with van der Waals surface area (Å²) in [5.74, 6) is 2.10. The summed E-state index contributed by atoms with van der Waals surface area (Å²) in [6, 6.07) is 7.65. The summed E-state index contributed by atoms with van der Waals surface area (Å²) in [5, 5.41) is 3.10. The topological polar surface area (TPSA) is 62.9 Å². The molecule has 2 rings (SSSR count). The fourth-order valence-corrected chi connectivity index (χ4v) is 2.58. The van der Waals surface area contributed by atoms with Gasteiger partial charge in [0.25, 0.3) is 0 Å². The maximum absolute atomic E-state index is 5.91. The van der Waals surface area contributed by atoms with Crippen LogP contribution in [0.1, 0.15) is 19.3 Å². The van der Waals surface area contributed by atoms with Gasteiger partial charge in [0, 0.05) is 12.2 Å². The molecule has 0 unspecified atom stereocenters. The van der Waals surface area contributed by atoms with Crippen molar-refractivity contribution >= 4 is 11.6 Å². The van der Waals surface area contributed by atoms with Gasteiger partial charge in [-0.1, -0.05) is 0 Å². The zero-order chi connectivity index (χ0) is 15.1. The number of piperidine rings is 1. The second-order valence-electron chi connectivity index (χ2n) is 5.66. The van der Waals surface area contributed by atoms with Crippen LogP contribution in [0.5, 0.6) is 5.75 Å². The molecule has 0 radical (unpaired) electrons. The van der Waals surface area contributed by atoms with Gasteiger partial charge in [-0.05, 0) is 69.6 Å². The number of nitrogens with one attached hydrogen (secondary N) is 1. The Labute approximate surface area is 127 Å². The number of nitrogens with two attached hydrogens (primary N) is 1. The molecule has 0 saturated carbocycles. The number of hydrogen-bond donors (Lipinski definition) is 2. The summed E-state index contributed by atoms with van der Waals surface area (Å²) in [4.78, 5) is 6.80. The Balaban J connectivity index is 1.73. The highest BCUT2D eigenvalue weighted by molar-refractivity contribution is 5.92. The van der Waals surface area contributed by atoms with Gasteiger partial charge in [0.1, 0.15) is 5.75 Å². The van der Waals surface area contributed by atoms with Crippen molar-refractivity contribution in [3.63, 3.8) is 0 Å². The lowest BCUT2D eigenvalue weighted by Crippen LogP contribution is -2.30. The third-order valence-electron chi connectivity index (χ3n) is 4.02. The number of likely N-dealkylation sites (tertiary alicyclic amines) is 1. The van der Waals surface area contributed by atoms with Crippen molar-refractivity contribution in [3.05, 3.63) is 24.3 Å². The van der Waals surface area contributed by atoms with E-state index >= 15 is 0 Å². The van der Waals surface area contributed by atoms with E-state index in [0.717, 1.165) is 30.3 Å². The molecule has 1 aliphatic heterocycles. The molecule has 1 aromatic rings. The normalized spacial score (nSPS) is 17.7. The summed E-state index contributed by atoms with van der Waals surface area (Å²) in [6.45, 7) is 3.20. The molecule has 0 spiro atoms. The summed E-state index contributed by atoms with van der Waals surface area (Å²) < 4.78 is 5.12. The van der Waals surface area contributed by atoms with Gasteiger partial charge in [-0.15, -0.1) is 0 Å². The number of anilines is 1. The van der Waals surface area contributed by atoms with Crippen LogP contribution in [0.4, 0.5) is 5.69 Å². The van der Waals surface area contributed by atoms with Crippen LogP contribution in [0.3, 0.4) is 0 Å². The third kappa shape index (κ3) is 5.27. The number of rotatable bonds is 5. The van der Waals surface area contributed by atoms with Crippen molar-refractivity contribution in [2.45, 2.75) is 19.3 Å². The number of hydrogen-bond acceptors (Lipinski definition) is 3. The van der Waals surface area contributed by atoms with Gasteiger partial charge in [0.05, 0.1) is 7.11 Å². The number of guanidine groups is 1. The molecule has 0 aliphatic carbocycles. The lowest BCUT2D eigenvalue weighted by Gasteiger charge is -2.28. The minimum absolute atomic E-state index is 0.480. The van der Waals surface area contributed by atoms with E-state index in [-0.39, 0.29) is 0 Å². The second-order valence-corrected chi connectivity index (χ2v) is 5.66. The van der Waals surface area contributed by atoms with Crippen molar-refractivity contribution in [1.82, 2.24) is 4.90 Å². The quantitative estimate of drug-likeness (QED) is 0.644. The molecule has 116 valence electrons. The molecule has 5 nitrogen and oxygen atoms in total. The number of benzene rings is 1. The number of aliphatic imine (C=N–C) groups is 1. The fraction of sp³-hybridized carbons (Fsp3) is 0.562. The SMILES string of the molecule is COc1ccc(NC(N)=NCCC2CCN(C)CC2)cc1. The van der Waals surface area contributed by atoms with Gasteiger partial charge in [-0.25, -0.2) is 0 Å². The minimum atomic E-state index is 0.480. The smallest absolute Gasteiger partial charge is 0.193 e. The first-order valence-corrected chi connectivity index (χ1v) is 7.57. The van der Waals surface area contributed by atoms with E-state index in [0.29, 0.717) is 5.96 Å². The van der Waals surface area contributed by atoms with E-state index in [2.05, 4.69) is 22.3 Å². The molecule has 0 amide bonds. The Hall–Kier alpha value is -1.75. The second kappa shape index (κ2) is 7.88. The van der Waals surface area contributed by atoms with Gasteiger partial charge in [-0.2, -0.15) is 0 Å². The number of nitrogens with zero attached hydrogens (tertiary/aromatic N) is 2. The highest BCUT2D eigenvalue weighted by Gasteiger charge is 2.15. The molecule has 0 aromatic heterocycles. The molecule has 1 fully saturated rings. The maximum atomic E-state index is 5.91. The maximum Gasteiger partial charge on any atom is 0.193 e. The highest BCUT2D eigenvalue weighted by atomic mass is 16.5. The van der Waals surface area contributed by atoms with Crippen LogP contribution >= 0.6 is 0 Å². The van der Waals surface area contributed by atoms with Crippen molar-refractivity contribution in [3.8, 4) is 5.75 Å². The van der Waals surface area contributed by atoms with Gasteiger partial charge >= 0.3 is 0 Å². The van der Waals surface area contributed by atoms with Gasteiger partial charge in [-0.3, -0.25) is 4.99 Å². The molecule has 3 N–H and O–H groups in total. The van der Waals surface area contributed by atoms with Gasteiger partial charge in [0.15, 0.2) is 5.96 Å². The van der Waals surface area contributed by atoms with Gasteiger partial charge < -0.3 is 20.7 Å². The third-order valence-corrected chi connectivity index (χ3v) is 4.02. The van der Waals surface area contributed by atoms with Crippen LogP contribution in [0, 0.1) is 5.92 Å². The van der Waals surface area contributed by atoms with Gasteiger partial charge in [0.2, 0.25) is 0 Å². The Morgan fingerprint density at radius 2 is 2.00 bits per heavy atom. The highest BCUT2D eigenvalue weighted by Crippen LogP contribution is 2.19. The van der Waals surface area contributed by atoms with Crippen LogP contribution in [-0.4, -0.2) is 44.7 Å². The first-order valence-electron chi connectivity index (χ1n) is 7.57.